The quantitative estimate of drug-likeness (QED) is 0.237. The summed E-state index contributed by atoms with van der Waals surface area (Å²) in [6, 6.07) is 22.9. The summed E-state index contributed by atoms with van der Waals surface area (Å²) in [6.07, 6.45) is 1.05. The fourth-order valence-corrected chi connectivity index (χ4v) is 4.73. The number of benzene rings is 3. The second kappa shape index (κ2) is 9.60. The smallest absolute Gasteiger partial charge is 0.266 e. The highest BCUT2D eigenvalue weighted by Crippen LogP contribution is 2.28. The van der Waals surface area contributed by atoms with Crippen LogP contribution in [0.1, 0.15) is 42.9 Å². The number of fused-ring (bicyclic) bond motifs is 1. The van der Waals surface area contributed by atoms with E-state index >= 15 is 0 Å². The number of aromatic nitrogens is 2. The van der Waals surface area contributed by atoms with Crippen molar-refractivity contribution >= 4 is 34.3 Å². The Morgan fingerprint density at radius 2 is 1.88 bits per heavy atom. The molecule has 6 heteroatoms. The molecule has 4 aromatic rings. The van der Waals surface area contributed by atoms with Gasteiger partial charge in [0.15, 0.2) is 5.16 Å². The van der Waals surface area contributed by atoms with Crippen molar-refractivity contribution in [1.29, 1.82) is 5.26 Å². The molecular formula is C26H22ClN3OS. The van der Waals surface area contributed by atoms with Crippen molar-refractivity contribution in [2.75, 3.05) is 0 Å². The van der Waals surface area contributed by atoms with Crippen LogP contribution in [0.15, 0.2) is 76.7 Å². The topological polar surface area (TPSA) is 58.7 Å². The van der Waals surface area contributed by atoms with Crippen LogP contribution < -0.4 is 5.56 Å². The molecule has 0 saturated carbocycles. The van der Waals surface area contributed by atoms with E-state index in [1.54, 1.807) is 28.8 Å². The first-order valence-electron chi connectivity index (χ1n) is 10.4. The van der Waals surface area contributed by atoms with Crippen LogP contribution in [0.4, 0.5) is 0 Å². The molecule has 1 heterocycles. The predicted molar refractivity (Wildman–Crippen MR) is 132 cm³/mol. The summed E-state index contributed by atoms with van der Waals surface area (Å²) < 4.78 is 1.65. The number of hydrogen-bond donors (Lipinski definition) is 0. The number of nitrogens with zero attached hydrogens (tertiary/aromatic N) is 3. The lowest BCUT2D eigenvalue weighted by Gasteiger charge is -2.15. The lowest BCUT2D eigenvalue weighted by molar-refractivity contribution is 0.732. The Bertz CT molecular complexity index is 1370. The lowest BCUT2D eigenvalue weighted by atomic mass is 9.98. The van der Waals surface area contributed by atoms with Crippen LogP contribution >= 0.6 is 23.4 Å². The van der Waals surface area contributed by atoms with Crippen molar-refractivity contribution in [1.82, 2.24) is 9.55 Å². The van der Waals surface area contributed by atoms with Crippen LogP contribution in [0, 0.1) is 11.3 Å². The Balaban J connectivity index is 1.83. The molecule has 0 aliphatic carbocycles. The minimum atomic E-state index is -0.140. The highest BCUT2D eigenvalue weighted by molar-refractivity contribution is 7.98. The maximum atomic E-state index is 13.5. The molecule has 0 fully saturated rings. The van der Waals surface area contributed by atoms with Crippen LogP contribution in [0.2, 0.25) is 5.02 Å². The number of nitriles is 1. The zero-order valence-electron chi connectivity index (χ0n) is 17.9. The van der Waals surface area contributed by atoms with E-state index in [1.165, 1.54) is 17.3 Å². The fraction of sp³-hybridized carbons (Fsp3) is 0.192. The molecule has 0 aliphatic rings. The Labute approximate surface area is 196 Å². The second-order valence-electron chi connectivity index (χ2n) is 7.65. The van der Waals surface area contributed by atoms with Crippen LogP contribution in [0.5, 0.6) is 0 Å². The van der Waals surface area contributed by atoms with E-state index in [-0.39, 0.29) is 5.56 Å². The van der Waals surface area contributed by atoms with Crippen LogP contribution in [0.25, 0.3) is 16.6 Å². The van der Waals surface area contributed by atoms with Gasteiger partial charge in [0, 0.05) is 10.8 Å². The van der Waals surface area contributed by atoms with Gasteiger partial charge in [-0.05, 0) is 59.9 Å². The summed E-state index contributed by atoms with van der Waals surface area (Å²) >= 11 is 7.59. The molecule has 0 aliphatic heterocycles. The summed E-state index contributed by atoms with van der Waals surface area (Å²) in [5.74, 6) is 0.974. The molecule has 1 atom stereocenters. The standard InChI is InChI=1S/C26H22ClN3OS/c1-3-17(2)18-8-11-22(12-9-18)30-25(31)23-13-10-21(27)14-24(23)29-26(30)32-16-20-7-5-4-6-19(20)15-28/h4-14,17H,3,16H2,1-2H3. The minimum Gasteiger partial charge on any atom is -0.268 e. The van der Waals surface area contributed by atoms with Crippen molar-refractivity contribution < 1.29 is 0 Å². The van der Waals surface area contributed by atoms with Crippen molar-refractivity contribution in [2.45, 2.75) is 37.1 Å². The molecule has 3 aromatic carbocycles. The van der Waals surface area contributed by atoms with Crippen molar-refractivity contribution in [3.63, 3.8) is 0 Å². The molecule has 4 nitrogen and oxygen atoms in total. The SMILES string of the molecule is CCC(C)c1ccc(-n2c(SCc3ccccc3C#N)nc3cc(Cl)ccc3c2=O)cc1. The van der Waals surface area contributed by atoms with Crippen molar-refractivity contribution in [2.24, 2.45) is 0 Å². The van der Waals surface area contributed by atoms with Gasteiger partial charge in [0.05, 0.1) is 28.2 Å². The molecule has 0 amide bonds. The highest BCUT2D eigenvalue weighted by atomic mass is 35.5. The van der Waals surface area contributed by atoms with Gasteiger partial charge in [0.25, 0.3) is 5.56 Å². The summed E-state index contributed by atoms with van der Waals surface area (Å²) in [7, 11) is 0. The van der Waals surface area contributed by atoms with Gasteiger partial charge in [-0.3, -0.25) is 9.36 Å². The Kier molecular flexibility index (Phi) is 6.64. The maximum absolute atomic E-state index is 13.5. The molecule has 0 saturated heterocycles. The first-order chi connectivity index (χ1) is 15.5. The third kappa shape index (κ3) is 4.43. The minimum absolute atomic E-state index is 0.140. The van der Waals surface area contributed by atoms with Gasteiger partial charge in [0.1, 0.15) is 0 Å². The Morgan fingerprint density at radius 1 is 1.12 bits per heavy atom. The van der Waals surface area contributed by atoms with Gasteiger partial charge >= 0.3 is 0 Å². The number of thioether (sulfide) groups is 1. The Hall–Kier alpha value is -3.07. The van der Waals surface area contributed by atoms with E-state index in [1.807, 2.05) is 30.3 Å². The average molecular weight is 460 g/mol. The molecule has 4 rings (SSSR count). The van der Waals surface area contributed by atoms with Crippen LogP contribution in [0.3, 0.4) is 0 Å². The third-order valence-electron chi connectivity index (χ3n) is 5.63. The van der Waals surface area contributed by atoms with Gasteiger partial charge in [-0.1, -0.05) is 67.5 Å². The largest absolute Gasteiger partial charge is 0.268 e. The molecule has 1 aromatic heterocycles. The van der Waals surface area contributed by atoms with Crippen molar-refractivity contribution in [3.8, 4) is 11.8 Å². The zero-order chi connectivity index (χ0) is 22.7. The molecule has 160 valence electrons. The average Bonchev–Trinajstić information content (AvgIpc) is 2.82. The monoisotopic (exact) mass is 459 g/mol. The van der Waals surface area contributed by atoms with Crippen molar-refractivity contribution in [3.05, 3.63) is 98.8 Å². The molecule has 1 unspecified atom stereocenters. The first kappa shape index (κ1) is 22.1. The van der Waals surface area contributed by atoms with Crippen LogP contribution in [-0.4, -0.2) is 9.55 Å². The lowest BCUT2D eigenvalue weighted by Crippen LogP contribution is -2.21. The van der Waals surface area contributed by atoms with Gasteiger partial charge in [-0.2, -0.15) is 5.26 Å². The highest BCUT2D eigenvalue weighted by Gasteiger charge is 2.15. The molecular weight excluding hydrogens is 438 g/mol. The molecule has 32 heavy (non-hydrogen) atoms. The summed E-state index contributed by atoms with van der Waals surface area (Å²) in [4.78, 5) is 18.3. The fourth-order valence-electron chi connectivity index (χ4n) is 3.55. The predicted octanol–water partition coefficient (Wildman–Crippen LogP) is 6.72. The molecule has 0 N–H and O–H groups in total. The van der Waals surface area contributed by atoms with Gasteiger partial charge < -0.3 is 0 Å². The van der Waals surface area contributed by atoms with E-state index < -0.39 is 0 Å². The number of halogens is 1. The Morgan fingerprint density at radius 3 is 2.59 bits per heavy atom. The van der Waals surface area contributed by atoms with E-state index in [0.29, 0.717) is 38.3 Å². The molecule has 0 spiro atoms. The van der Waals surface area contributed by atoms with E-state index in [4.69, 9.17) is 16.6 Å². The van der Waals surface area contributed by atoms with E-state index in [2.05, 4.69) is 32.0 Å². The molecule has 0 bridgehead atoms. The normalized spacial score (nSPS) is 11.9. The van der Waals surface area contributed by atoms with E-state index in [0.717, 1.165) is 17.7 Å². The summed E-state index contributed by atoms with van der Waals surface area (Å²) in [6.45, 7) is 4.35. The van der Waals surface area contributed by atoms with Crippen LogP contribution in [-0.2, 0) is 5.75 Å². The zero-order valence-corrected chi connectivity index (χ0v) is 19.5. The second-order valence-corrected chi connectivity index (χ2v) is 9.03. The van der Waals surface area contributed by atoms with Gasteiger partial charge in [-0.25, -0.2) is 4.98 Å². The van der Waals surface area contributed by atoms with Gasteiger partial charge in [0.2, 0.25) is 0 Å². The van der Waals surface area contributed by atoms with E-state index in [9.17, 15) is 10.1 Å². The summed E-state index contributed by atoms with van der Waals surface area (Å²) in [5, 5.41) is 11.0. The van der Waals surface area contributed by atoms with Gasteiger partial charge in [-0.15, -0.1) is 0 Å². The number of rotatable bonds is 6. The maximum Gasteiger partial charge on any atom is 0.266 e. The third-order valence-corrected chi connectivity index (χ3v) is 6.85. The number of hydrogen-bond acceptors (Lipinski definition) is 4. The molecule has 0 radical (unpaired) electrons. The first-order valence-corrected chi connectivity index (χ1v) is 11.8. The summed E-state index contributed by atoms with van der Waals surface area (Å²) in [5.41, 5.74) is 3.95.